The van der Waals surface area contributed by atoms with Gasteiger partial charge in [0.2, 0.25) is 0 Å². The van der Waals surface area contributed by atoms with Gasteiger partial charge in [0.05, 0.1) is 11.3 Å². The molecule has 0 saturated carbocycles. The van der Waals surface area contributed by atoms with Gasteiger partial charge in [-0.3, -0.25) is 4.79 Å². The summed E-state index contributed by atoms with van der Waals surface area (Å²) in [6.45, 7) is 0. The molecule has 1 amide bonds. The highest BCUT2D eigenvalue weighted by molar-refractivity contribution is 9.10. The van der Waals surface area contributed by atoms with Crippen LogP contribution in [-0.2, 0) is 0 Å². The van der Waals surface area contributed by atoms with Crippen molar-refractivity contribution in [2.75, 3.05) is 11.1 Å². The van der Waals surface area contributed by atoms with Crippen molar-refractivity contribution < 1.29 is 4.79 Å². The van der Waals surface area contributed by atoms with Crippen molar-refractivity contribution in [3.63, 3.8) is 0 Å². The van der Waals surface area contributed by atoms with Crippen LogP contribution in [0.1, 0.15) is 10.4 Å². The number of anilines is 2. The Bertz CT molecular complexity index is 797. The highest BCUT2D eigenvalue weighted by atomic mass is 79.9. The molecule has 3 aromatic rings. The molecule has 3 N–H and O–H groups in total. The summed E-state index contributed by atoms with van der Waals surface area (Å²) in [5, 5.41) is 5.75. The molecule has 1 aromatic heterocycles. The third-order valence-corrected chi connectivity index (χ3v) is 4.59. The standard InChI is InChI=1S/C15H11BrN2OS/c16-12-7-9(17)5-6-13(12)18-15(19)11-8-20-14-4-2-1-3-10(11)14/h1-8H,17H2,(H,18,19). The summed E-state index contributed by atoms with van der Waals surface area (Å²) < 4.78 is 1.87. The summed E-state index contributed by atoms with van der Waals surface area (Å²) >= 11 is 4.96. The van der Waals surface area contributed by atoms with E-state index < -0.39 is 0 Å². The van der Waals surface area contributed by atoms with Gasteiger partial charge in [0.25, 0.3) is 5.91 Å². The number of carbonyl (C=O) groups excluding carboxylic acids is 1. The van der Waals surface area contributed by atoms with Crippen LogP contribution in [0.15, 0.2) is 52.3 Å². The molecule has 0 aliphatic rings. The fourth-order valence-electron chi connectivity index (χ4n) is 1.98. The summed E-state index contributed by atoms with van der Waals surface area (Å²) in [4.78, 5) is 12.4. The Labute approximate surface area is 128 Å². The number of carbonyl (C=O) groups is 1. The molecule has 0 aliphatic heterocycles. The molecule has 0 unspecified atom stereocenters. The zero-order valence-corrected chi connectivity index (χ0v) is 12.8. The number of hydrogen-bond donors (Lipinski definition) is 2. The summed E-state index contributed by atoms with van der Waals surface area (Å²) in [7, 11) is 0. The molecule has 1 heterocycles. The van der Waals surface area contributed by atoms with E-state index in [1.807, 2.05) is 29.6 Å². The molecule has 0 spiro atoms. The van der Waals surface area contributed by atoms with Crippen molar-refractivity contribution in [2.24, 2.45) is 0 Å². The van der Waals surface area contributed by atoms with Gasteiger partial charge >= 0.3 is 0 Å². The van der Waals surface area contributed by atoms with E-state index in [-0.39, 0.29) is 5.91 Å². The van der Waals surface area contributed by atoms with E-state index in [1.165, 1.54) is 0 Å². The minimum absolute atomic E-state index is 0.118. The molecule has 100 valence electrons. The van der Waals surface area contributed by atoms with E-state index in [1.54, 1.807) is 29.5 Å². The molecule has 20 heavy (non-hydrogen) atoms. The number of amides is 1. The highest BCUT2D eigenvalue weighted by Gasteiger charge is 2.13. The Balaban J connectivity index is 1.93. The molecule has 0 aliphatic carbocycles. The minimum atomic E-state index is -0.118. The number of thiophene rings is 1. The number of rotatable bonds is 2. The van der Waals surface area contributed by atoms with Crippen LogP contribution in [0.25, 0.3) is 10.1 Å². The summed E-state index contributed by atoms with van der Waals surface area (Å²) in [6.07, 6.45) is 0. The number of benzene rings is 2. The highest BCUT2D eigenvalue weighted by Crippen LogP contribution is 2.28. The zero-order valence-electron chi connectivity index (χ0n) is 10.4. The lowest BCUT2D eigenvalue weighted by Crippen LogP contribution is -2.11. The van der Waals surface area contributed by atoms with Crippen molar-refractivity contribution in [1.82, 2.24) is 0 Å². The SMILES string of the molecule is Nc1ccc(NC(=O)c2csc3ccccc23)c(Br)c1. The van der Waals surface area contributed by atoms with Crippen LogP contribution in [0.5, 0.6) is 0 Å². The Hall–Kier alpha value is -1.85. The van der Waals surface area contributed by atoms with Crippen LogP contribution in [0, 0.1) is 0 Å². The van der Waals surface area contributed by atoms with E-state index in [2.05, 4.69) is 21.2 Å². The second-order valence-corrected chi connectivity index (χ2v) is 6.10. The maximum atomic E-state index is 12.4. The molecule has 5 heteroatoms. The predicted octanol–water partition coefficient (Wildman–Crippen LogP) is 4.50. The molecule has 0 fully saturated rings. The number of halogens is 1. The van der Waals surface area contributed by atoms with Gasteiger partial charge < -0.3 is 11.1 Å². The Morgan fingerprint density at radius 2 is 2.00 bits per heavy atom. The van der Waals surface area contributed by atoms with Crippen molar-refractivity contribution in [3.8, 4) is 0 Å². The average Bonchev–Trinajstić information content (AvgIpc) is 2.86. The maximum Gasteiger partial charge on any atom is 0.257 e. The summed E-state index contributed by atoms with van der Waals surface area (Å²) in [6, 6.07) is 13.2. The van der Waals surface area contributed by atoms with Crippen LogP contribution in [0.4, 0.5) is 11.4 Å². The lowest BCUT2D eigenvalue weighted by molar-refractivity contribution is 0.102. The first-order valence-corrected chi connectivity index (χ1v) is 7.65. The molecule has 3 rings (SSSR count). The smallest absolute Gasteiger partial charge is 0.257 e. The molecule has 0 saturated heterocycles. The Morgan fingerprint density at radius 3 is 2.80 bits per heavy atom. The maximum absolute atomic E-state index is 12.4. The number of nitrogen functional groups attached to an aromatic ring is 1. The van der Waals surface area contributed by atoms with Gasteiger partial charge in [0, 0.05) is 25.6 Å². The molecule has 0 atom stereocenters. The van der Waals surface area contributed by atoms with E-state index in [0.717, 1.165) is 14.6 Å². The van der Waals surface area contributed by atoms with Crippen molar-refractivity contribution >= 4 is 54.6 Å². The number of hydrogen-bond acceptors (Lipinski definition) is 3. The Morgan fingerprint density at radius 1 is 1.20 bits per heavy atom. The minimum Gasteiger partial charge on any atom is -0.399 e. The van der Waals surface area contributed by atoms with Crippen molar-refractivity contribution in [2.45, 2.75) is 0 Å². The lowest BCUT2D eigenvalue weighted by Gasteiger charge is -2.07. The van der Waals surface area contributed by atoms with Gasteiger partial charge in [-0.05, 0) is 40.2 Å². The van der Waals surface area contributed by atoms with Crippen LogP contribution in [0.2, 0.25) is 0 Å². The quantitative estimate of drug-likeness (QED) is 0.671. The van der Waals surface area contributed by atoms with Crippen LogP contribution in [-0.4, -0.2) is 5.91 Å². The lowest BCUT2D eigenvalue weighted by atomic mass is 10.1. The second-order valence-electron chi connectivity index (χ2n) is 4.34. The van der Waals surface area contributed by atoms with Gasteiger partial charge in [-0.25, -0.2) is 0 Å². The molecule has 3 nitrogen and oxygen atoms in total. The fourth-order valence-corrected chi connectivity index (χ4v) is 3.41. The van der Waals surface area contributed by atoms with Gasteiger partial charge in [0.15, 0.2) is 0 Å². The largest absolute Gasteiger partial charge is 0.399 e. The van der Waals surface area contributed by atoms with Gasteiger partial charge in [-0.15, -0.1) is 11.3 Å². The molecule has 0 radical (unpaired) electrons. The summed E-state index contributed by atoms with van der Waals surface area (Å²) in [5.74, 6) is -0.118. The summed E-state index contributed by atoms with van der Waals surface area (Å²) in [5.41, 5.74) is 7.73. The first-order valence-electron chi connectivity index (χ1n) is 5.98. The number of nitrogens with two attached hydrogens (primary N) is 1. The zero-order chi connectivity index (χ0) is 14.1. The first kappa shape index (κ1) is 13.1. The average molecular weight is 347 g/mol. The van der Waals surface area contributed by atoms with Crippen molar-refractivity contribution in [1.29, 1.82) is 0 Å². The first-order chi connectivity index (χ1) is 9.65. The third-order valence-electron chi connectivity index (χ3n) is 2.97. The topological polar surface area (TPSA) is 55.1 Å². The van der Waals surface area contributed by atoms with Crippen LogP contribution >= 0.6 is 27.3 Å². The van der Waals surface area contributed by atoms with E-state index in [0.29, 0.717) is 16.9 Å². The van der Waals surface area contributed by atoms with E-state index >= 15 is 0 Å². The van der Waals surface area contributed by atoms with Gasteiger partial charge in [-0.2, -0.15) is 0 Å². The normalized spacial score (nSPS) is 10.7. The van der Waals surface area contributed by atoms with E-state index in [9.17, 15) is 4.79 Å². The monoisotopic (exact) mass is 346 g/mol. The van der Waals surface area contributed by atoms with Gasteiger partial charge in [-0.1, -0.05) is 18.2 Å². The molecular weight excluding hydrogens is 336 g/mol. The van der Waals surface area contributed by atoms with Crippen LogP contribution < -0.4 is 11.1 Å². The second kappa shape index (κ2) is 5.26. The van der Waals surface area contributed by atoms with Crippen LogP contribution in [0.3, 0.4) is 0 Å². The number of nitrogens with one attached hydrogen (secondary N) is 1. The van der Waals surface area contributed by atoms with Gasteiger partial charge in [0.1, 0.15) is 0 Å². The predicted molar refractivity (Wildman–Crippen MR) is 88.3 cm³/mol. The van der Waals surface area contributed by atoms with Crippen molar-refractivity contribution in [3.05, 3.63) is 57.9 Å². The fraction of sp³-hybridized carbons (Fsp3) is 0. The molecular formula is C15H11BrN2OS. The number of fused-ring (bicyclic) bond motifs is 1. The molecule has 0 bridgehead atoms. The van der Waals surface area contributed by atoms with E-state index in [4.69, 9.17) is 5.73 Å². The Kier molecular flexibility index (Phi) is 3.46. The third kappa shape index (κ3) is 2.42. The molecule has 2 aromatic carbocycles.